The summed E-state index contributed by atoms with van der Waals surface area (Å²) in [4.78, 5) is 23.4. The average molecular weight is 298 g/mol. The molecule has 2 fully saturated rings. The highest BCUT2D eigenvalue weighted by atomic mass is 16.5. The van der Waals surface area contributed by atoms with Gasteiger partial charge in [0.1, 0.15) is 0 Å². The van der Waals surface area contributed by atoms with Crippen molar-refractivity contribution < 1.29 is 19.4 Å². The average Bonchev–Trinajstić information content (AvgIpc) is 2.85. The predicted octanol–water partition coefficient (Wildman–Crippen LogP) is 1.89. The maximum absolute atomic E-state index is 12.0. The van der Waals surface area contributed by atoms with Crippen LogP contribution in [0.4, 0.5) is 4.79 Å². The monoisotopic (exact) mass is 298 g/mol. The number of hydrogen-bond acceptors (Lipinski definition) is 3. The van der Waals surface area contributed by atoms with Crippen LogP contribution < -0.4 is 10.6 Å². The van der Waals surface area contributed by atoms with Crippen LogP contribution in [-0.4, -0.2) is 41.9 Å². The number of ether oxygens (including phenoxy) is 1. The molecule has 1 aliphatic heterocycles. The van der Waals surface area contributed by atoms with E-state index in [4.69, 9.17) is 4.74 Å². The van der Waals surface area contributed by atoms with Gasteiger partial charge in [-0.1, -0.05) is 12.8 Å². The summed E-state index contributed by atoms with van der Waals surface area (Å²) in [5.74, 6) is -0.799. The van der Waals surface area contributed by atoms with E-state index in [2.05, 4.69) is 10.6 Å². The Kier molecular flexibility index (Phi) is 4.76. The molecule has 0 bridgehead atoms. The fourth-order valence-corrected chi connectivity index (χ4v) is 3.36. The number of aliphatic carboxylic acids is 1. The van der Waals surface area contributed by atoms with E-state index in [1.165, 1.54) is 0 Å². The first-order chi connectivity index (χ1) is 9.83. The first-order valence-corrected chi connectivity index (χ1v) is 7.75. The van der Waals surface area contributed by atoms with Gasteiger partial charge in [-0.2, -0.15) is 0 Å². The largest absolute Gasteiger partial charge is 0.481 e. The van der Waals surface area contributed by atoms with E-state index in [0.29, 0.717) is 19.4 Å². The van der Waals surface area contributed by atoms with E-state index in [1.807, 2.05) is 13.8 Å². The molecule has 2 amide bonds. The topological polar surface area (TPSA) is 87.7 Å². The molecule has 1 saturated carbocycles. The highest BCUT2D eigenvalue weighted by Crippen LogP contribution is 2.37. The molecule has 3 N–H and O–H groups in total. The van der Waals surface area contributed by atoms with E-state index >= 15 is 0 Å². The van der Waals surface area contributed by atoms with Crippen molar-refractivity contribution in [2.45, 2.75) is 64.0 Å². The molecule has 2 aliphatic rings. The Morgan fingerprint density at radius 1 is 1.29 bits per heavy atom. The number of carboxylic acid groups (broad SMARTS) is 1. The third kappa shape index (κ3) is 4.09. The standard InChI is InChI=1S/C15H26N2O4/c1-14(2)9-11(5-8-21-14)17-13(20)16-10-15(12(18)19)6-3-4-7-15/h11H,3-10H2,1-2H3,(H,18,19)(H2,16,17,20). The molecule has 1 saturated heterocycles. The van der Waals surface area contributed by atoms with Gasteiger partial charge in [0, 0.05) is 19.2 Å². The minimum atomic E-state index is -0.799. The molecule has 6 heteroatoms. The van der Waals surface area contributed by atoms with Gasteiger partial charge in [-0.15, -0.1) is 0 Å². The molecule has 21 heavy (non-hydrogen) atoms. The molecular weight excluding hydrogens is 272 g/mol. The molecule has 0 aromatic carbocycles. The lowest BCUT2D eigenvalue weighted by molar-refractivity contribution is -0.148. The SMILES string of the molecule is CC1(C)CC(NC(=O)NCC2(C(=O)O)CCCC2)CCO1. The van der Waals surface area contributed by atoms with Crippen molar-refractivity contribution in [2.75, 3.05) is 13.2 Å². The zero-order valence-corrected chi connectivity index (χ0v) is 12.9. The highest BCUT2D eigenvalue weighted by Gasteiger charge is 2.41. The van der Waals surface area contributed by atoms with Gasteiger partial charge in [-0.3, -0.25) is 4.79 Å². The van der Waals surface area contributed by atoms with Gasteiger partial charge in [-0.05, 0) is 39.5 Å². The molecule has 0 aromatic heterocycles. The lowest BCUT2D eigenvalue weighted by Crippen LogP contribution is -2.51. The number of hydrogen-bond donors (Lipinski definition) is 3. The summed E-state index contributed by atoms with van der Waals surface area (Å²) >= 11 is 0. The van der Waals surface area contributed by atoms with Crippen LogP contribution in [0.15, 0.2) is 0 Å². The van der Waals surface area contributed by atoms with Gasteiger partial charge in [0.25, 0.3) is 0 Å². The van der Waals surface area contributed by atoms with E-state index in [0.717, 1.165) is 25.7 Å². The van der Waals surface area contributed by atoms with E-state index in [1.54, 1.807) is 0 Å². The summed E-state index contributed by atoms with van der Waals surface area (Å²) in [5, 5.41) is 15.1. The normalized spacial score (nSPS) is 27.0. The number of carbonyl (C=O) groups excluding carboxylic acids is 1. The number of amides is 2. The summed E-state index contributed by atoms with van der Waals surface area (Å²) < 4.78 is 5.62. The van der Waals surface area contributed by atoms with Crippen molar-refractivity contribution in [3.63, 3.8) is 0 Å². The van der Waals surface area contributed by atoms with E-state index < -0.39 is 11.4 Å². The Labute approximate surface area is 125 Å². The zero-order chi connectivity index (χ0) is 15.5. The molecule has 1 heterocycles. The molecule has 1 unspecified atom stereocenters. The number of nitrogens with one attached hydrogen (secondary N) is 2. The highest BCUT2D eigenvalue weighted by molar-refractivity contribution is 5.78. The number of carbonyl (C=O) groups is 2. The van der Waals surface area contributed by atoms with Crippen LogP contribution in [-0.2, 0) is 9.53 Å². The molecule has 120 valence electrons. The van der Waals surface area contributed by atoms with Crippen LogP contribution >= 0.6 is 0 Å². The lowest BCUT2D eigenvalue weighted by atomic mass is 9.86. The molecule has 0 spiro atoms. The van der Waals surface area contributed by atoms with Crippen LogP contribution in [0.25, 0.3) is 0 Å². The predicted molar refractivity (Wildman–Crippen MR) is 78.1 cm³/mol. The molecule has 1 aliphatic carbocycles. The molecule has 1 atom stereocenters. The van der Waals surface area contributed by atoms with Crippen LogP contribution in [0.2, 0.25) is 0 Å². The second-order valence-corrected chi connectivity index (χ2v) is 6.92. The van der Waals surface area contributed by atoms with Crippen LogP contribution in [0.1, 0.15) is 52.4 Å². The summed E-state index contributed by atoms with van der Waals surface area (Å²) in [7, 11) is 0. The minimum Gasteiger partial charge on any atom is -0.481 e. The van der Waals surface area contributed by atoms with Gasteiger partial charge in [-0.25, -0.2) is 4.79 Å². The van der Waals surface area contributed by atoms with Gasteiger partial charge >= 0.3 is 12.0 Å². The van der Waals surface area contributed by atoms with Gasteiger partial charge in [0.05, 0.1) is 11.0 Å². The summed E-state index contributed by atoms with van der Waals surface area (Å²) in [6, 6.07) is -0.191. The van der Waals surface area contributed by atoms with E-state index in [-0.39, 0.29) is 24.2 Å². The maximum atomic E-state index is 12.0. The Bertz CT molecular complexity index is 402. The van der Waals surface area contributed by atoms with Crippen LogP contribution in [0.3, 0.4) is 0 Å². The smallest absolute Gasteiger partial charge is 0.315 e. The fraction of sp³-hybridized carbons (Fsp3) is 0.867. The molecule has 0 radical (unpaired) electrons. The minimum absolute atomic E-state index is 0.0816. The van der Waals surface area contributed by atoms with Crippen molar-refractivity contribution in [3.8, 4) is 0 Å². The third-order valence-electron chi connectivity index (χ3n) is 4.63. The molecule has 6 nitrogen and oxygen atoms in total. The number of rotatable bonds is 4. The Balaban J connectivity index is 1.80. The summed E-state index contributed by atoms with van der Waals surface area (Å²) in [6.07, 6.45) is 4.69. The summed E-state index contributed by atoms with van der Waals surface area (Å²) in [6.45, 7) is 4.87. The van der Waals surface area contributed by atoms with Crippen molar-refractivity contribution in [3.05, 3.63) is 0 Å². The lowest BCUT2D eigenvalue weighted by Gasteiger charge is -2.36. The Morgan fingerprint density at radius 3 is 2.52 bits per heavy atom. The molecular formula is C15H26N2O4. The van der Waals surface area contributed by atoms with Crippen molar-refractivity contribution >= 4 is 12.0 Å². The Hall–Kier alpha value is -1.30. The first-order valence-electron chi connectivity index (χ1n) is 7.75. The summed E-state index contributed by atoms with van der Waals surface area (Å²) in [5.41, 5.74) is -0.990. The third-order valence-corrected chi connectivity index (χ3v) is 4.63. The van der Waals surface area contributed by atoms with Gasteiger partial charge in [0.15, 0.2) is 0 Å². The Morgan fingerprint density at radius 2 is 1.95 bits per heavy atom. The van der Waals surface area contributed by atoms with Crippen molar-refractivity contribution in [1.29, 1.82) is 0 Å². The van der Waals surface area contributed by atoms with E-state index in [9.17, 15) is 14.7 Å². The van der Waals surface area contributed by atoms with Gasteiger partial charge in [0.2, 0.25) is 0 Å². The number of urea groups is 1. The van der Waals surface area contributed by atoms with Gasteiger partial charge < -0.3 is 20.5 Å². The zero-order valence-electron chi connectivity index (χ0n) is 12.9. The first kappa shape index (κ1) is 16.1. The second kappa shape index (κ2) is 6.22. The maximum Gasteiger partial charge on any atom is 0.315 e. The van der Waals surface area contributed by atoms with Crippen LogP contribution in [0, 0.1) is 5.41 Å². The van der Waals surface area contributed by atoms with Crippen molar-refractivity contribution in [2.24, 2.45) is 5.41 Å². The molecule has 2 rings (SSSR count). The van der Waals surface area contributed by atoms with Crippen LogP contribution in [0.5, 0.6) is 0 Å². The van der Waals surface area contributed by atoms with Crippen molar-refractivity contribution in [1.82, 2.24) is 10.6 Å². The molecule has 0 aromatic rings. The fourth-order valence-electron chi connectivity index (χ4n) is 3.36. The second-order valence-electron chi connectivity index (χ2n) is 6.92. The quantitative estimate of drug-likeness (QED) is 0.739. The number of carboxylic acids is 1.